The zero-order chi connectivity index (χ0) is 20.2. The number of benzene rings is 1. The van der Waals surface area contributed by atoms with Crippen molar-refractivity contribution in [3.63, 3.8) is 0 Å². The first kappa shape index (κ1) is 19.9. The first-order chi connectivity index (χ1) is 14.1. The lowest BCUT2D eigenvalue weighted by Crippen LogP contribution is -2.42. The molecular formula is C22H27N3O3S. The van der Waals surface area contributed by atoms with E-state index in [-0.39, 0.29) is 11.8 Å². The lowest BCUT2D eigenvalue weighted by molar-refractivity contribution is -0.128. The maximum Gasteiger partial charge on any atom is 0.273 e. The van der Waals surface area contributed by atoms with Gasteiger partial charge in [-0.2, -0.15) is 0 Å². The highest BCUT2D eigenvalue weighted by atomic mass is 32.1. The van der Waals surface area contributed by atoms with E-state index in [1.54, 1.807) is 12.4 Å². The van der Waals surface area contributed by atoms with Crippen molar-refractivity contribution in [1.29, 1.82) is 0 Å². The molecule has 3 heterocycles. The zero-order valence-electron chi connectivity index (χ0n) is 16.7. The molecule has 2 amide bonds. The van der Waals surface area contributed by atoms with Gasteiger partial charge in [0.15, 0.2) is 0 Å². The number of piperidine rings is 1. The molecule has 1 aromatic heterocycles. The number of carbonyl (C=O) groups excluding carboxylic acids is 2. The van der Waals surface area contributed by atoms with Crippen LogP contribution in [0, 0.1) is 17.8 Å². The molecule has 29 heavy (non-hydrogen) atoms. The third-order valence-corrected chi connectivity index (χ3v) is 6.81. The van der Waals surface area contributed by atoms with Gasteiger partial charge in [-0.3, -0.25) is 9.59 Å². The molecule has 7 heteroatoms. The Hall–Kier alpha value is -2.41. The first-order valence-electron chi connectivity index (χ1n) is 10.2. The monoisotopic (exact) mass is 413 g/mol. The minimum absolute atomic E-state index is 0.0328. The molecule has 1 aromatic carbocycles. The summed E-state index contributed by atoms with van der Waals surface area (Å²) in [6.07, 6.45) is 1.93. The third kappa shape index (κ3) is 4.61. The van der Waals surface area contributed by atoms with E-state index in [2.05, 4.69) is 4.98 Å². The second-order valence-electron chi connectivity index (χ2n) is 7.98. The minimum atomic E-state index is 0.0328. The summed E-state index contributed by atoms with van der Waals surface area (Å²) in [6.45, 7) is 5.32. The molecule has 0 unspecified atom stereocenters. The number of hydrogen-bond donors (Lipinski definition) is 0. The van der Waals surface area contributed by atoms with Crippen molar-refractivity contribution in [3.05, 3.63) is 46.9 Å². The van der Waals surface area contributed by atoms with Crippen LogP contribution < -0.4 is 4.74 Å². The van der Waals surface area contributed by atoms with Crippen LogP contribution in [-0.4, -0.2) is 59.4 Å². The summed E-state index contributed by atoms with van der Waals surface area (Å²) in [5.74, 6) is 2.28. The summed E-state index contributed by atoms with van der Waals surface area (Å²) in [5, 5.41) is 1.81. The summed E-state index contributed by atoms with van der Waals surface area (Å²) >= 11 is 1.45. The molecule has 2 fully saturated rings. The number of para-hydroxylation sites is 1. The standard InChI is InChI=1S/C22H27N3O3S/c1-16(26)25-11-18(13-28-19-5-3-2-4-6-19)20(12-25)17-7-9-24(10-8-17)22(27)21-14-29-15-23-21/h2-6,14-15,17-18,20H,7-13H2,1H3/t18-,20-/m0/s1. The topological polar surface area (TPSA) is 62.7 Å². The van der Waals surface area contributed by atoms with E-state index in [0.717, 1.165) is 44.8 Å². The van der Waals surface area contributed by atoms with E-state index in [1.165, 1.54) is 11.3 Å². The van der Waals surface area contributed by atoms with Gasteiger partial charge in [0.25, 0.3) is 5.91 Å². The average Bonchev–Trinajstić information content (AvgIpc) is 3.43. The van der Waals surface area contributed by atoms with Gasteiger partial charge in [0.05, 0.1) is 12.1 Å². The maximum atomic E-state index is 12.6. The second-order valence-corrected chi connectivity index (χ2v) is 8.69. The van der Waals surface area contributed by atoms with Gasteiger partial charge in [-0.15, -0.1) is 11.3 Å². The summed E-state index contributed by atoms with van der Waals surface area (Å²) in [4.78, 5) is 32.6. The maximum absolute atomic E-state index is 12.6. The normalized spacial score (nSPS) is 22.7. The van der Waals surface area contributed by atoms with Crippen LogP contribution in [0.25, 0.3) is 0 Å². The minimum Gasteiger partial charge on any atom is -0.493 e. The van der Waals surface area contributed by atoms with Crippen molar-refractivity contribution in [2.75, 3.05) is 32.8 Å². The average molecular weight is 414 g/mol. The number of rotatable bonds is 5. The van der Waals surface area contributed by atoms with Crippen LogP contribution in [0.1, 0.15) is 30.3 Å². The number of carbonyl (C=O) groups is 2. The Labute approximate surface area is 175 Å². The molecule has 0 N–H and O–H groups in total. The highest BCUT2D eigenvalue weighted by Gasteiger charge is 2.40. The summed E-state index contributed by atoms with van der Waals surface area (Å²) in [7, 11) is 0. The van der Waals surface area contributed by atoms with E-state index in [9.17, 15) is 9.59 Å². The Morgan fingerprint density at radius 3 is 2.55 bits per heavy atom. The predicted molar refractivity (Wildman–Crippen MR) is 112 cm³/mol. The predicted octanol–water partition coefficient (Wildman–Crippen LogP) is 3.17. The van der Waals surface area contributed by atoms with E-state index in [0.29, 0.717) is 30.1 Å². The van der Waals surface area contributed by atoms with Crippen LogP contribution in [0.3, 0.4) is 0 Å². The molecule has 6 nitrogen and oxygen atoms in total. The molecule has 2 aromatic rings. The Balaban J connectivity index is 1.37. The Bertz CT molecular complexity index is 819. The van der Waals surface area contributed by atoms with Gasteiger partial charge in [-0.1, -0.05) is 18.2 Å². The van der Waals surface area contributed by atoms with Gasteiger partial charge in [-0.05, 0) is 36.8 Å². The van der Waals surface area contributed by atoms with E-state index >= 15 is 0 Å². The van der Waals surface area contributed by atoms with Crippen molar-refractivity contribution in [2.24, 2.45) is 17.8 Å². The van der Waals surface area contributed by atoms with E-state index < -0.39 is 0 Å². The van der Waals surface area contributed by atoms with Gasteiger partial charge >= 0.3 is 0 Å². The van der Waals surface area contributed by atoms with Gasteiger partial charge in [0.2, 0.25) is 5.91 Å². The molecule has 2 aliphatic rings. The molecular weight excluding hydrogens is 386 g/mol. The molecule has 154 valence electrons. The third-order valence-electron chi connectivity index (χ3n) is 6.23. The molecule has 0 saturated carbocycles. The number of likely N-dealkylation sites (tertiary alicyclic amines) is 2. The van der Waals surface area contributed by atoms with E-state index in [4.69, 9.17) is 4.74 Å². The second kappa shape index (κ2) is 8.95. The quantitative estimate of drug-likeness (QED) is 0.755. The molecule has 0 radical (unpaired) electrons. The summed E-state index contributed by atoms with van der Waals surface area (Å²) in [5.41, 5.74) is 2.25. The molecule has 0 aliphatic carbocycles. The van der Waals surface area contributed by atoms with Crippen LogP contribution in [0.4, 0.5) is 0 Å². The van der Waals surface area contributed by atoms with Crippen molar-refractivity contribution in [1.82, 2.24) is 14.8 Å². The molecule has 2 saturated heterocycles. The largest absolute Gasteiger partial charge is 0.493 e. The Morgan fingerprint density at radius 2 is 1.90 bits per heavy atom. The van der Waals surface area contributed by atoms with Crippen molar-refractivity contribution in [2.45, 2.75) is 19.8 Å². The number of nitrogens with zero attached hydrogens (tertiary/aromatic N) is 3. The van der Waals surface area contributed by atoms with Gasteiger partial charge in [-0.25, -0.2) is 4.98 Å². The first-order valence-corrected chi connectivity index (χ1v) is 11.2. The zero-order valence-corrected chi connectivity index (χ0v) is 17.5. The van der Waals surface area contributed by atoms with Gasteiger partial charge < -0.3 is 14.5 Å². The van der Waals surface area contributed by atoms with Crippen molar-refractivity contribution < 1.29 is 14.3 Å². The Kier molecular flexibility index (Phi) is 6.13. The van der Waals surface area contributed by atoms with E-state index in [1.807, 2.05) is 45.5 Å². The van der Waals surface area contributed by atoms with Crippen LogP contribution >= 0.6 is 11.3 Å². The van der Waals surface area contributed by atoms with Gasteiger partial charge in [0, 0.05) is 44.4 Å². The molecule has 2 atom stereocenters. The van der Waals surface area contributed by atoms with Crippen LogP contribution in [0.15, 0.2) is 41.2 Å². The molecule has 0 spiro atoms. The van der Waals surface area contributed by atoms with Gasteiger partial charge in [0.1, 0.15) is 11.4 Å². The van der Waals surface area contributed by atoms with Crippen LogP contribution in [0.5, 0.6) is 5.75 Å². The SMILES string of the molecule is CC(=O)N1C[C@@H](COc2ccccc2)[C@H](C2CCN(C(=O)c3cscn3)CC2)C1. The summed E-state index contributed by atoms with van der Waals surface area (Å²) in [6, 6.07) is 9.85. The highest BCUT2D eigenvalue weighted by Crippen LogP contribution is 2.36. The fraction of sp³-hybridized carbons (Fsp3) is 0.500. The molecule has 0 bridgehead atoms. The number of hydrogen-bond acceptors (Lipinski definition) is 5. The highest BCUT2D eigenvalue weighted by molar-refractivity contribution is 7.07. The molecule has 4 rings (SSSR count). The van der Waals surface area contributed by atoms with Crippen LogP contribution in [-0.2, 0) is 4.79 Å². The number of ether oxygens (including phenoxy) is 1. The number of amides is 2. The van der Waals surface area contributed by atoms with Crippen LogP contribution in [0.2, 0.25) is 0 Å². The number of aromatic nitrogens is 1. The fourth-order valence-electron chi connectivity index (χ4n) is 4.59. The van der Waals surface area contributed by atoms with Crippen molar-refractivity contribution >= 4 is 23.2 Å². The lowest BCUT2D eigenvalue weighted by atomic mass is 9.78. The molecule has 2 aliphatic heterocycles. The van der Waals surface area contributed by atoms with Crippen molar-refractivity contribution in [3.8, 4) is 5.75 Å². The smallest absolute Gasteiger partial charge is 0.273 e. The lowest BCUT2D eigenvalue weighted by Gasteiger charge is -2.36. The fourth-order valence-corrected chi connectivity index (χ4v) is 5.12. The summed E-state index contributed by atoms with van der Waals surface area (Å²) < 4.78 is 6.04. The number of thiazole rings is 1. The Morgan fingerprint density at radius 1 is 1.14 bits per heavy atom.